The summed E-state index contributed by atoms with van der Waals surface area (Å²) in [6.07, 6.45) is 2.66. The van der Waals surface area contributed by atoms with Gasteiger partial charge in [0.2, 0.25) is 11.8 Å². The number of aryl methyl sites for hydroxylation is 1. The molecule has 1 aliphatic carbocycles. The molecule has 2 atom stereocenters. The molecule has 1 aromatic carbocycles. The van der Waals surface area contributed by atoms with Crippen LogP contribution in [-0.4, -0.2) is 17.9 Å². The summed E-state index contributed by atoms with van der Waals surface area (Å²) in [6.45, 7) is 3.74. The van der Waals surface area contributed by atoms with Crippen molar-refractivity contribution in [3.05, 3.63) is 29.3 Å². The van der Waals surface area contributed by atoms with Crippen molar-refractivity contribution >= 4 is 17.5 Å². The third kappa shape index (κ3) is 2.54. The zero-order valence-corrected chi connectivity index (χ0v) is 11.9. The lowest BCUT2D eigenvalue weighted by Gasteiger charge is -2.27. The van der Waals surface area contributed by atoms with E-state index in [4.69, 9.17) is 11.5 Å². The van der Waals surface area contributed by atoms with Crippen molar-refractivity contribution in [3.8, 4) is 0 Å². The summed E-state index contributed by atoms with van der Waals surface area (Å²) in [7, 11) is 0. The van der Waals surface area contributed by atoms with E-state index < -0.39 is 11.3 Å². The maximum Gasteiger partial charge on any atom is 0.248 e. The van der Waals surface area contributed by atoms with Crippen molar-refractivity contribution in [2.45, 2.75) is 39.2 Å². The van der Waals surface area contributed by atoms with Crippen molar-refractivity contribution in [3.63, 3.8) is 0 Å². The zero-order chi connectivity index (χ0) is 14.9. The van der Waals surface area contributed by atoms with Crippen LogP contribution in [0.5, 0.6) is 0 Å². The van der Waals surface area contributed by atoms with Gasteiger partial charge in [-0.05, 0) is 50.5 Å². The number of carbonyl (C=O) groups excluding carboxylic acids is 2. The Morgan fingerprint density at radius 3 is 2.60 bits per heavy atom. The predicted molar refractivity (Wildman–Crippen MR) is 78.3 cm³/mol. The topological polar surface area (TPSA) is 98.2 Å². The second-order valence-corrected chi connectivity index (χ2v) is 5.76. The quantitative estimate of drug-likeness (QED) is 0.780. The Morgan fingerprint density at radius 1 is 1.40 bits per heavy atom. The zero-order valence-electron chi connectivity index (χ0n) is 11.9. The number of primary amides is 1. The summed E-state index contributed by atoms with van der Waals surface area (Å²) in [6, 6.07) is 4.89. The summed E-state index contributed by atoms with van der Waals surface area (Å²) < 4.78 is 0. The summed E-state index contributed by atoms with van der Waals surface area (Å²) >= 11 is 0. The van der Waals surface area contributed by atoms with E-state index in [9.17, 15) is 9.59 Å². The Kier molecular flexibility index (Phi) is 3.81. The number of carbonyl (C=O) groups is 2. The van der Waals surface area contributed by atoms with Gasteiger partial charge in [-0.1, -0.05) is 6.42 Å². The van der Waals surface area contributed by atoms with Crippen LogP contribution in [-0.2, 0) is 4.79 Å². The first kappa shape index (κ1) is 14.5. The fourth-order valence-electron chi connectivity index (χ4n) is 2.70. The van der Waals surface area contributed by atoms with Gasteiger partial charge in [0.1, 0.15) is 0 Å². The molecule has 20 heavy (non-hydrogen) atoms. The standard InChI is InChI=1S/C15H21N3O2/c1-9-8-10(13(17)19)5-6-11(9)18-14(20)15(2)7-3-4-12(15)16/h5-6,8,12H,3-4,7,16H2,1-2H3,(H2,17,19)(H,18,20). The first-order chi connectivity index (χ1) is 9.34. The molecule has 0 radical (unpaired) electrons. The highest BCUT2D eigenvalue weighted by atomic mass is 16.2. The second-order valence-electron chi connectivity index (χ2n) is 5.76. The predicted octanol–water partition coefficient (Wildman–Crippen LogP) is 1.55. The Morgan fingerprint density at radius 2 is 2.10 bits per heavy atom. The van der Waals surface area contributed by atoms with E-state index in [1.165, 1.54) is 0 Å². The molecule has 1 aliphatic rings. The number of benzene rings is 1. The lowest BCUT2D eigenvalue weighted by Crippen LogP contribution is -2.44. The molecule has 0 heterocycles. The van der Waals surface area contributed by atoms with Gasteiger partial charge in [-0.2, -0.15) is 0 Å². The molecule has 0 bridgehead atoms. The average Bonchev–Trinajstić information content (AvgIpc) is 2.73. The highest BCUT2D eigenvalue weighted by molar-refractivity contribution is 5.98. The largest absolute Gasteiger partial charge is 0.366 e. The van der Waals surface area contributed by atoms with E-state index in [-0.39, 0.29) is 11.9 Å². The van der Waals surface area contributed by atoms with Crippen molar-refractivity contribution in [1.82, 2.24) is 0 Å². The summed E-state index contributed by atoms with van der Waals surface area (Å²) in [5, 5.41) is 2.92. The summed E-state index contributed by atoms with van der Waals surface area (Å²) in [5.41, 5.74) is 12.7. The van der Waals surface area contributed by atoms with Crippen molar-refractivity contribution in [2.24, 2.45) is 16.9 Å². The molecule has 5 nitrogen and oxygen atoms in total. The number of nitrogens with two attached hydrogens (primary N) is 2. The van der Waals surface area contributed by atoms with Gasteiger partial charge in [-0.25, -0.2) is 0 Å². The molecule has 5 heteroatoms. The molecule has 1 fully saturated rings. The Bertz CT molecular complexity index is 556. The molecule has 108 valence electrons. The highest BCUT2D eigenvalue weighted by Crippen LogP contribution is 2.37. The van der Waals surface area contributed by atoms with E-state index in [1.54, 1.807) is 18.2 Å². The molecule has 2 rings (SSSR count). The summed E-state index contributed by atoms with van der Waals surface area (Å²) in [5.74, 6) is -0.534. The van der Waals surface area contributed by atoms with E-state index in [0.29, 0.717) is 11.3 Å². The average molecular weight is 275 g/mol. The fourth-order valence-corrected chi connectivity index (χ4v) is 2.70. The van der Waals surface area contributed by atoms with Gasteiger partial charge >= 0.3 is 0 Å². The third-order valence-corrected chi connectivity index (χ3v) is 4.31. The Labute approximate surface area is 118 Å². The molecule has 0 saturated heterocycles. The monoisotopic (exact) mass is 275 g/mol. The Hall–Kier alpha value is -1.88. The first-order valence-electron chi connectivity index (χ1n) is 6.82. The number of nitrogens with one attached hydrogen (secondary N) is 1. The van der Waals surface area contributed by atoms with Gasteiger partial charge in [0.15, 0.2) is 0 Å². The van der Waals surface area contributed by atoms with Crippen LogP contribution in [0.25, 0.3) is 0 Å². The molecule has 0 aromatic heterocycles. The van der Waals surface area contributed by atoms with E-state index in [2.05, 4.69) is 5.32 Å². The van der Waals surface area contributed by atoms with E-state index in [1.807, 2.05) is 13.8 Å². The van der Waals surface area contributed by atoms with Crippen LogP contribution >= 0.6 is 0 Å². The molecule has 0 spiro atoms. The van der Waals surface area contributed by atoms with Crippen LogP contribution in [0.2, 0.25) is 0 Å². The summed E-state index contributed by atoms with van der Waals surface area (Å²) in [4.78, 5) is 23.5. The number of hydrogen-bond acceptors (Lipinski definition) is 3. The Balaban J connectivity index is 2.18. The molecular weight excluding hydrogens is 254 g/mol. The van der Waals surface area contributed by atoms with E-state index in [0.717, 1.165) is 24.8 Å². The van der Waals surface area contributed by atoms with Crippen LogP contribution < -0.4 is 16.8 Å². The van der Waals surface area contributed by atoms with Crippen LogP contribution in [0, 0.1) is 12.3 Å². The van der Waals surface area contributed by atoms with Gasteiger partial charge in [-0.3, -0.25) is 9.59 Å². The van der Waals surface area contributed by atoms with Gasteiger partial charge in [0.05, 0.1) is 5.41 Å². The van der Waals surface area contributed by atoms with Crippen LogP contribution in [0.1, 0.15) is 42.1 Å². The van der Waals surface area contributed by atoms with Crippen molar-refractivity contribution < 1.29 is 9.59 Å². The molecule has 5 N–H and O–H groups in total. The first-order valence-corrected chi connectivity index (χ1v) is 6.82. The minimum Gasteiger partial charge on any atom is -0.366 e. The molecular formula is C15H21N3O2. The van der Waals surface area contributed by atoms with Crippen LogP contribution in [0.4, 0.5) is 5.69 Å². The minimum atomic E-state index is -0.519. The van der Waals surface area contributed by atoms with Gasteiger partial charge < -0.3 is 16.8 Å². The molecule has 1 aromatic rings. The number of hydrogen-bond donors (Lipinski definition) is 3. The molecule has 1 saturated carbocycles. The third-order valence-electron chi connectivity index (χ3n) is 4.31. The molecule has 2 unspecified atom stereocenters. The maximum atomic E-state index is 12.4. The lowest BCUT2D eigenvalue weighted by atomic mass is 9.84. The maximum absolute atomic E-state index is 12.4. The smallest absolute Gasteiger partial charge is 0.248 e. The van der Waals surface area contributed by atoms with Crippen molar-refractivity contribution in [1.29, 1.82) is 0 Å². The van der Waals surface area contributed by atoms with Crippen LogP contribution in [0.15, 0.2) is 18.2 Å². The molecule has 0 aliphatic heterocycles. The lowest BCUT2D eigenvalue weighted by molar-refractivity contribution is -0.125. The van der Waals surface area contributed by atoms with Gasteiger partial charge in [0, 0.05) is 17.3 Å². The number of anilines is 1. The fraction of sp³-hybridized carbons (Fsp3) is 0.467. The number of amides is 2. The SMILES string of the molecule is Cc1cc(C(N)=O)ccc1NC(=O)C1(C)CCCC1N. The normalized spacial score (nSPS) is 25.4. The van der Waals surface area contributed by atoms with Gasteiger partial charge in [-0.15, -0.1) is 0 Å². The van der Waals surface area contributed by atoms with Gasteiger partial charge in [0.25, 0.3) is 0 Å². The second kappa shape index (κ2) is 5.25. The van der Waals surface area contributed by atoms with E-state index >= 15 is 0 Å². The number of rotatable bonds is 3. The van der Waals surface area contributed by atoms with Crippen molar-refractivity contribution in [2.75, 3.05) is 5.32 Å². The van der Waals surface area contributed by atoms with Crippen LogP contribution in [0.3, 0.4) is 0 Å². The molecule has 2 amide bonds. The minimum absolute atomic E-state index is 0.0579. The highest BCUT2D eigenvalue weighted by Gasteiger charge is 2.43.